The molecule has 24 heavy (non-hydrogen) atoms. The van der Waals surface area contributed by atoms with Gasteiger partial charge in [0.1, 0.15) is 11.5 Å². The standard InChI is InChI=1S/C18H22N2O3.ClH/c19-11-13-20(12-10-15-4-2-1-3-5-15)18(22)14-23-17-8-6-16(21)7-9-17;/h1-9,21H,10-14,19H2;1H. The van der Waals surface area contributed by atoms with Crippen LogP contribution in [0.2, 0.25) is 0 Å². The second-order valence-corrected chi connectivity index (χ2v) is 5.19. The van der Waals surface area contributed by atoms with Crippen LogP contribution in [0.25, 0.3) is 0 Å². The molecule has 0 radical (unpaired) electrons. The minimum absolute atomic E-state index is 0. The Hall–Kier alpha value is -2.24. The van der Waals surface area contributed by atoms with Crippen LogP contribution in [0, 0.1) is 0 Å². The van der Waals surface area contributed by atoms with Crippen molar-refractivity contribution in [3.63, 3.8) is 0 Å². The second kappa shape index (κ2) is 10.5. The van der Waals surface area contributed by atoms with Gasteiger partial charge in [-0.25, -0.2) is 0 Å². The number of benzene rings is 2. The number of nitrogens with two attached hydrogens (primary N) is 1. The lowest BCUT2D eigenvalue weighted by atomic mass is 10.1. The summed E-state index contributed by atoms with van der Waals surface area (Å²) in [6.07, 6.45) is 0.784. The van der Waals surface area contributed by atoms with E-state index in [1.165, 1.54) is 17.7 Å². The molecule has 130 valence electrons. The molecule has 6 heteroatoms. The van der Waals surface area contributed by atoms with E-state index in [1.807, 2.05) is 30.3 Å². The van der Waals surface area contributed by atoms with Crippen LogP contribution in [-0.2, 0) is 11.2 Å². The quantitative estimate of drug-likeness (QED) is 0.765. The lowest BCUT2D eigenvalue weighted by Crippen LogP contribution is -2.39. The highest BCUT2D eigenvalue weighted by atomic mass is 35.5. The van der Waals surface area contributed by atoms with Crippen LogP contribution in [0.3, 0.4) is 0 Å². The lowest BCUT2D eigenvalue weighted by molar-refractivity contribution is -0.133. The van der Waals surface area contributed by atoms with Gasteiger partial charge in [-0.2, -0.15) is 0 Å². The van der Waals surface area contributed by atoms with Gasteiger partial charge in [-0.3, -0.25) is 4.79 Å². The Morgan fingerprint density at radius 1 is 1.04 bits per heavy atom. The molecule has 5 nitrogen and oxygen atoms in total. The summed E-state index contributed by atoms with van der Waals surface area (Å²) in [5.41, 5.74) is 6.78. The molecule has 1 amide bonds. The van der Waals surface area contributed by atoms with E-state index in [1.54, 1.807) is 17.0 Å². The summed E-state index contributed by atoms with van der Waals surface area (Å²) in [7, 11) is 0. The van der Waals surface area contributed by atoms with Crippen LogP contribution in [0.4, 0.5) is 0 Å². The van der Waals surface area contributed by atoms with Gasteiger partial charge in [0, 0.05) is 19.6 Å². The number of aromatic hydroxyl groups is 1. The van der Waals surface area contributed by atoms with Crippen molar-refractivity contribution in [2.24, 2.45) is 5.73 Å². The van der Waals surface area contributed by atoms with Crippen LogP contribution in [-0.4, -0.2) is 42.2 Å². The fraction of sp³-hybridized carbons (Fsp3) is 0.278. The molecular formula is C18H23ClN2O3. The molecule has 2 aromatic rings. The zero-order chi connectivity index (χ0) is 16.5. The summed E-state index contributed by atoms with van der Waals surface area (Å²) < 4.78 is 5.46. The number of ether oxygens (including phenoxy) is 1. The number of halogens is 1. The molecule has 0 fully saturated rings. The van der Waals surface area contributed by atoms with Crippen molar-refractivity contribution in [1.82, 2.24) is 4.90 Å². The topological polar surface area (TPSA) is 75.8 Å². The molecule has 0 aliphatic carbocycles. The van der Waals surface area contributed by atoms with Crippen molar-refractivity contribution >= 4 is 18.3 Å². The Morgan fingerprint density at radius 2 is 1.71 bits per heavy atom. The van der Waals surface area contributed by atoms with Crippen molar-refractivity contribution in [2.75, 3.05) is 26.2 Å². The smallest absolute Gasteiger partial charge is 0.260 e. The van der Waals surface area contributed by atoms with Gasteiger partial charge in [0.15, 0.2) is 6.61 Å². The summed E-state index contributed by atoms with van der Waals surface area (Å²) >= 11 is 0. The number of amides is 1. The number of carbonyl (C=O) groups excluding carboxylic acids is 1. The minimum Gasteiger partial charge on any atom is -0.508 e. The largest absolute Gasteiger partial charge is 0.508 e. The first-order valence-electron chi connectivity index (χ1n) is 7.62. The molecule has 2 rings (SSSR count). The molecule has 0 unspecified atom stereocenters. The van der Waals surface area contributed by atoms with Gasteiger partial charge < -0.3 is 20.5 Å². The molecule has 0 aliphatic heterocycles. The molecular weight excluding hydrogens is 328 g/mol. The third kappa shape index (κ3) is 6.48. The monoisotopic (exact) mass is 350 g/mol. The first kappa shape index (κ1) is 19.8. The number of rotatable bonds is 8. The molecule has 0 heterocycles. The molecule has 0 atom stereocenters. The first-order valence-corrected chi connectivity index (χ1v) is 7.62. The predicted molar refractivity (Wildman–Crippen MR) is 96.6 cm³/mol. The van der Waals surface area contributed by atoms with E-state index in [0.29, 0.717) is 25.4 Å². The van der Waals surface area contributed by atoms with E-state index in [4.69, 9.17) is 10.5 Å². The van der Waals surface area contributed by atoms with Crippen LogP contribution in [0.15, 0.2) is 54.6 Å². The number of hydrogen-bond donors (Lipinski definition) is 2. The number of carbonyl (C=O) groups is 1. The van der Waals surface area contributed by atoms with Crippen LogP contribution in [0.1, 0.15) is 5.56 Å². The van der Waals surface area contributed by atoms with E-state index in [2.05, 4.69) is 0 Å². The second-order valence-electron chi connectivity index (χ2n) is 5.19. The zero-order valence-corrected chi connectivity index (χ0v) is 14.2. The molecule has 3 N–H and O–H groups in total. The summed E-state index contributed by atoms with van der Waals surface area (Å²) in [6, 6.07) is 16.3. The Labute approximate surface area is 148 Å². The third-order valence-electron chi connectivity index (χ3n) is 3.46. The fourth-order valence-electron chi connectivity index (χ4n) is 2.20. The number of nitrogens with zero attached hydrogens (tertiary/aromatic N) is 1. The van der Waals surface area contributed by atoms with Gasteiger partial charge in [-0.1, -0.05) is 30.3 Å². The SMILES string of the molecule is Cl.NCCN(CCc1ccccc1)C(=O)COc1ccc(O)cc1. The van der Waals surface area contributed by atoms with E-state index in [9.17, 15) is 9.90 Å². The van der Waals surface area contributed by atoms with Crippen molar-refractivity contribution in [3.8, 4) is 11.5 Å². The lowest BCUT2D eigenvalue weighted by Gasteiger charge is -2.22. The van der Waals surface area contributed by atoms with E-state index >= 15 is 0 Å². The van der Waals surface area contributed by atoms with Gasteiger partial charge in [0.25, 0.3) is 5.91 Å². The van der Waals surface area contributed by atoms with E-state index < -0.39 is 0 Å². The molecule has 0 spiro atoms. The maximum absolute atomic E-state index is 12.3. The molecule has 0 aromatic heterocycles. The predicted octanol–water partition coefficient (Wildman–Crippen LogP) is 2.22. The third-order valence-corrected chi connectivity index (χ3v) is 3.46. The van der Waals surface area contributed by atoms with Crippen LogP contribution >= 0.6 is 12.4 Å². The zero-order valence-electron chi connectivity index (χ0n) is 13.4. The Kier molecular flexibility index (Phi) is 8.68. The van der Waals surface area contributed by atoms with Gasteiger partial charge in [0.2, 0.25) is 0 Å². The fourth-order valence-corrected chi connectivity index (χ4v) is 2.20. The van der Waals surface area contributed by atoms with E-state index in [-0.39, 0.29) is 30.7 Å². The molecule has 2 aromatic carbocycles. The minimum atomic E-state index is -0.0977. The average molecular weight is 351 g/mol. The van der Waals surface area contributed by atoms with Crippen LogP contribution in [0.5, 0.6) is 11.5 Å². The Balaban J connectivity index is 0.00000288. The Morgan fingerprint density at radius 3 is 2.33 bits per heavy atom. The molecule has 0 aliphatic rings. The maximum Gasteiger partial charge on any atom is 0.260 e. The van der Waals surface area contributed by atoms with Gasteiger partial charge in [-0.05, 0) is 36.2 Å². The van der Waals surface area contributed by atoms with Crippen molar-refractivity contribution < 1.29 is 14.6 Å². The van der Waals surface area contributed by atoms with Crippen LogP contribution < -0.4 is 10.5 Å². The van der Waals surface area contributed by atoms with E-state index in [0.717, 1.165) is 6.42 Å². The molecule has 0 saturated heterocycles. The Bertz CT molecular complexity index is 605. The highest BCUT2D eigenvalue weighted by Crippen LogP contribution is 2.15. The molecule has 0 saturated carbocycles. The number of phenolic OH excluding ortho intramolecular Hbond substituents is 1. The van der Waals surface area contributed by atoms with Gasteiger partial charge in [0.05, 0.1) is 0 Å². The molecule has 0 bridgehead atoms. The van der Waals surface area contributed by atoms with Crippen molar-refractivity contribution in [1.29, 1.82) is 0 Å². The summed E-state index contributed by atoms with van der Waals surface area (Å²) in [5.74, 6) is 0.614. The summed E-state index contributed by atoms with van der Waals surface area (Å²) in [6.45, 7) is 1.49. The normalized spacial score (nSPS) is 9.88. The van der Waals surface area contributed by atoms with Crippen molar-refractivity contribution in [2.45, 2.75) is 6.42 Å². The highest BCUT2D eigenvalue weighted by molar-refractivity contribution is 5.85. The number of hydrogen-bond acceptors (Lipinski definition) is 4. The summed E-state index contributed by atoms with van der Waals surface area (Å²) in [5, 5.41) is 9.23. The van der Waals surface area contributed by atoms with Gasteiger partial charge >= 0.3 is 0 Å². The summed E-state index contributed by atoms with van der Waals surface area (Å²) in [4.78, 5) is 14.0. The van der Waals surface area contributed by atoms with Crippen molar-refractivity contribution in [3.05, 3.63) is 60.2 Å². The average Bonchev–Trinajstić information content (AvgIpc) is 2.58. The highest BCUT2D eigenvalue weighted by Gasteiger charge is 2.13. The number of phenols is 1. The van der Waals surface area contributed by atoms with Gasteiger partial charge in [-0.15, -0.1) is 12.4 Å². The first-order chi connectivity index (χ1) is 11.2. The maximum atomic E-state index is 12.3.